The van der Waals surface area contributed by atoms with Crippen LogP contribution in [-0.4, -0.2) is 24.8 Å². The fraction of sp³-hybridized carbons (Fsp3) is 0.545. The summed E-state index contributed by atoms with van der Waals surface area (Å²) in [5, 5.41) is 9.89. The van der Waals surface area contributed by atoms with Crippen LogP contribution in [-0.2, 0) is 0 Å². The summed E-state index contributed by atoms with van der Waals surface area (Å²) in [6, 6.07) is 1.96. The van der Waals surface area contributed by atoms with Crippen LogP contribution in [0.1, 0.15) is 31.8 Å². The molecule has 2 aromatic heterocycles. The molecule has 0 amide bonds. The third-order valence-corrected chi connectivity index (χ3v) is 3.75. The summed E-state index contributed by atoms with van der Waals surface area (Å²) in [5.74, 6) is 0.950. The average Bonchev–Trinajstić information content (AvgIpc) is 2.61. The Kier molecular flexibility index (Phi) is 3.14. The highest BCUT2D eigenvalue weighted by molar-refractivity contribution is 7.99. The van der Waals surface area contributed by atoms with Crippen LogP contribution in [0.2, 0.25) is 0 Å². The van der Waals surface area contributed by atoms with E-state index >= 15 is 0 Å². The van der Waals surface area contributed by atoms with Crippen molar-refractivity contribution in [2.45, 2.75) is 44.5 Å². The molecular formula is C11H16N4S. The summed E-state index contributed by atoms with van der Waals surface area (Å²) in [7, 11) is 0. The van der Waals surface area contributed by atoms with Crippen LogP contribution in [0.25, 0.3) is 5.65 Å². The van der Waals surface area contributed by atoms with E-state index < -0.39 is 0 Å². The van der Waals surface area contributed by atoms with Gasteiger partial charge in [-0.15, -0.1) is 10.2 Å². The molecule has 2 rings (SSSR count). The number of fused-ring (bicyclic) bond motifs is 1. The van der Waals surface area contributed by atoms with Crippen molar-refractivity contribution in [1.82, 2.24) is 19.6 Å². The van der Waals surface area contributed by atoms with Gasteiger partial charge < -0.3 is 0 Å². The van der Waals surface area contributed by atoms with Gasteiger partial charge in [-0.1, -0.05) is 25.6 Å². The maximum absolute atomic E-state index is 4.44. The molecule has 0 N–H and O–H groups in total. The van der Waals surface area contributed by atoms with Crippen LogP contribution >= 0.6 is 11.8 Å². The molecular weight excluding hydrogens is 220 g/mol. The quantitative estimate of drug-likeness (QED) is 0.768. The molecule has 2 heterocycles. The molecule has 0 saturated heterocycles. The van der Waals surface area contributed by atoms with E-state index in [-0.39, 0.29) is 0 Å². The first-order chi connectivity index (χ1) is 7.61. The molecule has 0 saturated carbocycles. The predicted molar refractivity (Wildman–Crippen MR) is 65.9 cm³/mol. The van der Waals surface area contributed by atoms with Gasteiger partial charge in [0, 0.05) is 17.0 Å². The van der Waals surface area contributed by atoms with Crippen LogP contribution in [0.4, 0.5) is 0 Å². The smallest absolute Gasteiger partial charge is 0.197 e. The molecule has 2 aromatic rings. The van der Waals surface area contributed by atoms with Crippen molar-refractivity contribution in [2.75, 3.05) is 0 Å². The lowest BCUT2D eigenvalue weighted by Gasteiger charge is -2.07. The summed E-state index contributed by atoms with van der Waals surface area (Å²) in [6.45, 7) is 8.34. The van der Waals surface area contributed by atoms with Crippen molar-refractivity contribution in [3.8, 4) is 0 Å². The maximum Gasteiger partial charge on any atom is 0.197 e. The van der Waals surface area contributed by atoms with Gasteiger partial charge in [0.05, 0.1) is 0 Å². The van der Waals surface area contributed by atoms with Crippen LogP contribution < -0.4 is 0 Å². The third kappa shape index (κ3) is 2.04. The molecule has 16 heavy (non-hydrogen) atoms. The number of nitrogens with zero attached hydrogens (tertiary/aromatic N) is 4. The minimum absolute atomic E-state index is 0.549. The van der Waals surface area contributed by atoms with Gasteiger partial charge in [-0.2, -0.15) is 0 Å². The highest BCUT2D eigenvalue weighted by Crippen LogP contribution is 2.24. The van der Waals surface area contributed by atoms with E-state index in [9.17, 15) is 0 Å². The minimum atomic E-state index is 0.549. The van der Waals surface area contributed by atoms with Crippen molar-refractivity contribution < 1.29 is 0 Å². The Balaban J connectivity index is 2.48. The standard InChI is InChI=1S/C11H16N4S/c1-5-8(3)16-11-14-13-10-6-7(2)12-9(4)15(10)11/h6,8H,5H2,1-4H3/t8-/m1/s1. The number of thioether (sulfide) groups is 1. The zero-order valence-corrected chi connectivity index (χ0v) is 10.9. The minimum Gasteiger partial charge on any atom is -0.258 e. The Labute approximate surface area is 99.5 Å². The molecule has 86 valence electrons. The second-order valence-electron chi connectivity index (χ2n) is 3.96. The number of hydrogen-bond donors (Lipinski definition) is 0. The van der Waals surface area contributed by atoms with E-state index in [1.165, 1.54) is 0 Å². The molecule has 0 aliphatic carbocycles. The fourth-order valence-corrected chi connectivity index (χ4v) is 2.49. The van der Waals surface area contributed by atoms with Gasteiger partial charge in [0.2, 0.25) is 0 Å². The van der Waals surface area contributed by atoms with E-state index in [1.54, 1.807) is 11.8 Å². The van der Waals surface area contributed by atoms with Crippen LogP contribution in [0.5, 0.6) is 0 Å². The van der Waals surface area contributed by atoms with E-state index in [4.69, 9.17) is 0 Å². The van der Waals surface area contributed by atoms with Gasteiger partial charge in [-0.3, -0.25) is 4.40 Å². The molecule has 0 bridgehead atoms. The van der Waals surface area contributed by atoms with Crippen LogP contribution in [0, 0.1) is 13.8 Å². The lowest BCUT2D eigenvalue weighted by atomic mass is 10.4. The lowest BCUT2D eigenvalue weighted by Crippen LogP contribution is -2.01. The van der Waals surface area contributed by atoms with E-state index in [0.29, 0.717) is 5.25 Å². The Morgan fingerprint density at radius 2 is 2.12 bits per heavy atom. The number of hydrogen-bond acceptors (Lipinski definition) is 4. The summed E-state index contributed by atoms with van der Waals surface area (Å²) < 4.78 is 2.02. The van der Waals surface area contributed by atoms with Crippen LogP contribution in [0.15, 0.2) is 11.2 Å². The Hall–Kier alpha value is -1.10. The van der Waals surface area contributed by atoms with Crippen LogP contribution in [0.3, 0.4) is 0 Å². The van der Waals surface area contributed by atoms with Gasteiger partial charge in [0.25, 0.3) is 0 Å². The summed E-state index contributed by atoms with van der Waals surface area (Å²) in [4.78, 5) is 4.44. The molecule has 0 radical (unpaired) electrons. The topological polar surface area (TPSA) is 43.1 Å². The van der Waals surface area contributed by atoms with E-state index in [0.717, 1.165) is 28.7 Å². The number of aromatic nitrogens is 4. The van der Waals surface area contributed by atoms with Crippen molar-refractivity contribution in [2.24, 2.45) is 0 Å². The molecule has 4 nitrogen and oxygen atoms in total. The molecule has 5 heteroatoms. The Bertz CT molecular complexity index is 506. The lowest BCUT2D eigenvalue weighted by molar-refractivity contribution is 0.836. The molecule has 0 spiro atoms. The molecule has 0 unspecified atom stereocenters. The predicted octanol–water partition coefficient (Wildman–Crippen LogP) is 2.63. The zero-order chi connectivity index (χ0) is 11.7. The average molecular weight is 236 g/mol. The molecule has 0 aromatic carbocycles. The van der Waals surface area contributed by atoms with E-state index in [2.05, 4.69) is 29.0 Å². The van der Waals surface area contributed by atoms with Crippen molar-refractivity contribution in [3.63, 3.8) is 0 Å². The Morgan fingerprint density at radius 1 is 1.38 bits per heavy atom. The monoisotopic (exact) mass is 236 g/mol. The second kappa shape index (κ2) is 4.41. The van der Waals surface area contributed by atoms with Crippen molar-refractivity contribution in [1.29, 1.82) is 0 Å². The summed E-state index contributed by atoms with van der Waals surface area (Å²) >= 11 is 1.75. The maximum atomic E-state index is 4.44. The zero-order valence-electron chi connectivity index (χ0n) is 10.1. The number of rotatable bonds is 3. The normalized spacial score (nSPS) is 13.2. The van der Waals surface area contributed by atoms with E-state index in [1.807, 2.05) is 24.3 Å². The summed E-state index contributed by atoms with van der Waals surface area (Å²) in [6.07, 6.45) is 1.12. The molecule has 0 aliphatic rings. The first-order valence-corrected chi connectivity index (χ1v) is 6.35. The second-order valence-corrected chi connectivity index (χ2v) is 5.36. The first kappa shape index (κ1) is 11.4. The SMILES string of the molecule is CC[C@@H](C)Sc1nnc2cc(C)nc(C)n12. The first-order valence-electron chi connectivity index (χ1n) is 5.48. The van der Waals surface area contributed by atoms with Gasteiger partial charge >= 0.3 is 0 Å². The summed E-state index contributed by atoms with van der Waals surface area (Å²) in [5.41, 5.74) is 1.87. The highest BCUT2D eigenvalue weighted by Gasteiger charge is 2.12. The Morgan fingerprint density at radius 3 is 2.81 bits per heavy atom. The molecule has 0 aliphatic heterocycles. The van der Waals surface area contributed by atoms with Crippen molar-refractivity contribution in [3.05, 3.63) is 17.6 Å². The largest absolute Gasteiger partial charge is 0.258 e. The van der Waals surface area contributed by atoms with Gasteiger partial charge in [0.15, 0.2) is 10.8 Å². The highest BCUT2D eigenvalue weighted by atomic mass is 32.2. The van der Waals surface area contributed by atoms with Gasteiger partial charge in [-0.05, 0) is 20.3 Å². The molecule has 1 atom stereocenters. The van der Waals surface area contributed by atoms with Gasteiger partial charge in [-0.25, -0.2) is 4.98 Å². The molecule has 0 fully saturated rings. The number of aryl methyl sites for hydroxylation is 2. The fourth-order valence-electron chi connectivity index (χ4n) is 1.54. The third-order valence-electron chi connectivity index (χ3n) is 2.54. The van der Waals surface area contributed by atoms with Crippen molar-refractivity contribution >= 4 is 17.4 Å². The van der Waals surface area contributed by atoms with Gasteiger partial charge in [0.1, 0.15) is 5.82 Å².